The molecule has 1 unspecified atom stereocenters. The van der Waals surface area contributed by atoms with Gasteiger partial charge in [-0.2, -0.15) is 0 Å². The molecule has 0 aliphatic heterocycles. The fourth-order valence-electron chi connectivity index (χ4n) is 1.78. The minimum absolute atomic E-state index is 0. The second kappa shape index (κ2) is 11.7. The zero-order valence-corrected chi connectivity index (χ0v) is 14.6. The summed E-state index contributed by atoms with van der Waals surface area (Å²) in [6.45, 7) is 3.48. The van der Waals surface area contributed by atoms with Crippen molar-refractivity contribution in [3.05, 3.63) is 30.3 Å². The highest BCUT2D eigenvalue weighted by Crippen LogP contribution is 2.10. The van der Waals surface area contributed by atoms with Crippen molar-refractivity contribution in [2.75, 3.05) is 32.1 Å². The number of carbonyl (C=O) groups excluding carboxylic acids is 1. The molecule has 0 fully saturated rings. The molecule has 0 aliphatic rings. The molecule has 1 amide bonds. The molecule has 122 valence electrons. The lowest BCUT2D eigenvalue weighted by Gasteiger charge is -2.24. The number of rotatable bonds is 7. The SMILES string of the molecule is CC(N)CCC(=O)N(C)CCN(C)c1ccccc1.Cl.Cl. The van der Waals surface area contributed by atoms with E-state index in [-0.39, 0.29) is 36.8 Å². The van der Waals surface area contributed by atoms with Gasteiger partial charge in [-0.25, -0.2) is 0 Å². The summed E-state index contributed by atoms with van der Waals surface area (Å²) < 4.78 is 0. The van der Waals surface area contributed by atoms with Crippen molar-refractivity contribution in [2.45, 2.75) is 25.8 Å². The van der Waals surface area contributed by atoms with E-state index in [1.54, 1.807) is 4.90 Å². The van der Waals surface area contributed by atoms with E-state index >= 15 is 0 Å². The number of para-hydroxylation sites is 1. The number of halogens is 2. The molecular weight excluding hydrogens is 309 g/mol. The van der Waals surface area contributed by atoms with E-state index in [0.29, 0.717) is 6.42 Å². The van der Waals surface area contributed by atoms with Crippen molar-refractivity contribution in [1.29, 1.82) is 0 Å². The van der Waals surface area contributed by atoms with Gasteiger partial charge in [0.05, 0.1) is 0 Å². The van der Waals surface area contributed by atoms with Gasteiger partial charge in [0.15, 0.2) is 0 Å². The maximum atomic E-state index is 11.8. The zero-order valence-electron chi connectivity index (χ0n) is 13.0. The Labute approximate surface area is 140 Å². The highest BCUT2D eigenvalue weighted by Gasteiger charge is 2.10. The lowest BCUT2D eigenvalue weighted by atomic mass is 10.2. The quantitative estimate of drug-likeness (QED) is 0.832. The Balaban J connectivity index is 0. The van der Waals surface area contributed by atoms with Crippen LogP contribution in [-0.4, -0.2) is 44.0 Å². The van der Waals surface area contributed by atoms with Crippen molar-refractivity contribution in [3.8, 4) is 0 Å². The average Bonchev–Trinajstić information content (AvgIpc) is 2.42. The highest BCUT2D eigenvalue weighted by atomic mass is 35.5. The van der Waals surface area contributed by atoms with Crippen LogP contribution >= 0.6 is 24.8 Å². The highest BCUT2D eigenvalue weighted by molar-refractivity contribution is 5.85. The standard InChI is InChI=1S/C15H25N3O.2ClH/c1-13(16)9-10-15(19)18(3)12-11-17(2)14-7-5-4-6-8-14;;/h4-8,13H,9-12,16H2,1-3H3;2*1H. The third-order valence-electron chi connectivity index (χ3n) is 3.21. The second-order valence-electron chi connectivity index (χ2n) is 5.09. The van der Waals surface area contributed by atoms with Crippen molar-refractivity contribution in [3.63, 3.8) is 0 Å². The van der Waals surface area contributed by atoms with Gasteiger partial charge in [0.1, 0.15) is 0 Å². The van der Waals surface area contributed by atoms with Crippen LogP contribution in [0.5, 0.6) is 0 Å². The van der Waals surface area contributed by atoms with Crippen molar-refractivity contribution in [2.24, 2.45) is 5.73 Å². The molecule has 0 saturated heterocycles. The van der Waals surface area contributed by atoms with Crippen LogP contribution in [0.25, 0.3) is 0 Å². The monoisotopic (exact) mass is 335 g/mol. The summed E-state index contributed by atoms with van der Waals surface area (Å²) in [5.74, 6) is 0.166. The first-order valence-electron chi connectivity index (χ1n) is 6.76. The molecule has 0 aliphatic carbocycles. The van der Waals surface area contributed by atoms with Crippen molar-refractivity contribution in [1.82, 2.24) is 4.90 Å². The Kier molecular flexibility index (Phi) is 12.4. The number of benzene rings is 1. The summed E-state index contributed by atoms with van der Waals surface area (Å²) in [6.07, 6.45) is 1.28. The lowest BCUT2D eigenvalue weighted by Crippen LogP contribution is -2.35. The largest absolute Gasteiger partial charge is 0.373 e. The summed E-state index contributed by atoms with van der Waals surface area (Å²) >= 11 is 0. The maximum Gasteiger partial charge on any atom is 0.222 e. The number of hydrogen-bond donors (Lipinski definition) is 1. The molecule has 0 radical (unpaired) electrons. The van der Waals surface area contributed by atoms with E-state index < -0.39 is 0 Å². The van der Waals surface area contributed by atoms with Gasteiger partial charge in [0.25, 0.3) is 0 Å². The normalized spacial score (nSPS) is 10.9. The van der Waals surface area contributed by atoms with Crippen LogP contribution < -0.4 is 10.6 Å². The van der Waals surface area contributed by atoms with Gasteiger partial charge in [-0.1, -0.05) is 18.2 Å². The predicted octanol–water partition coefficient (Wildman–Crippen LogP) is 2.55. The van der Waals surface area contributed by atoms with Crippen LogP contribution in [0.4, 0.5) is 5.69 Å². The number of amides is 1. The van der Waals surface area contributed by atoms with E-state index in [1.807, 2.05) is 39.2 Å². The number of hydrogen-bond acceptors (Lipinski definition) is 3. The predicted molar refractivity (Wildman–Crippen MR) is 94.7 cm³/mol. The van der Waals surface area contributed by atoms with Gasteiger partial charge in [0.2, 0.25) is 5.91 Å². The average molecular weight is 336 g/mol. The van der Waals surface area contributed by atoms with Crippen LogP contribution in [0.15, 0.2) is 30.3 Å². The van der Waals surface area contributed by atoms with E-state index in [1.165, 1.54) is 5.69 Å². The molecule has 1 aromatic carbocycles. The van der Waals surface area contributed by atoms with Crippen molar-refractivity contribution >= 4 is 36.4 Å². The van der Waals surface area contributed by atoms with Crippen LogP contribution in [0.3, 0.4) is 0 Å². The number of likely N-dealkylation sites (N-methyl/N-ethyl adjacent to an activating group) is 2. The van der Waals surface area contributed by atoms with E-state index in [2.05, 4.69) is 17.0 Å². The third-order valence-corrected chi connectivity index (χ3v) is 3.21. The molecule has 4 nitrogen and oxygen atoms in total. The summed E-state index contributed by atoms with van der Waals surface area (Å²) in [5, 5.41) is 0. The number of anilines is 1. The summed E-state index contributed by atoms with van der Waals surface area (Å²) in [5.41, 5.74) is 6.83. The number of nitrogens with two attached hydrogens (primary N) is 1. The Hall–Kier alpha value is -0.970. The van der Waals surface area contributed by atoms with Crippen LogP contribution in [-0.2, 0) is 4.79 Å². The fraction of sp³-hybridized carbons (Fsp3) is 0.533. The number of nitrogens with zero attached hydrogens (tertiary/aromatic N) is 2. The van der Waals surface area contributed by atoms with Crippen LogP contribution in [0, 0.1) is 0 Å². The Morgan fingerprint density at radius 3 is 2.24 bits per heavy atom. The molecule has 1 rings (SSSR count). The Bertz CT molecular complexity index is 388. The first kappa shape index (κ1) is 22.3. The van der Waals surface area contributed by atoms with Crippen LogP contribution in [0.2, 0.25) is 0 Å². The minimum atomic E-state index is 0. The second-order valence-corrected chi connectivity index (χ2v) is 5.09. The zero-order chi connectivity index (χ0) is 14.3. The maximum absolute atomic E-state index is 11.8. The molecule has 0 heterocycles. The molecule has 0 bridgehead atoms. The summed E-state index contributed by atoms with van der Waals surface area (Å²) in [6, 6.07) is 10.3. The summed E-state index contributed by atoms with van der Waals surface area (Å²) in [4.78, 5) is 15.8. The Morgan fingerprint density at radius 2 is 1.71 bits per heavy atom. The van der Waals surface area contributed by atoms with Crippen LogP contribution in [0.1, 0.15) is 19.8 Å². The molecule has 1 atom stereocenters. The lowest BCUT2D eigenvalue weighted by molar-refractivity contribution is -0.129. The van der Waals surface area contributed by atoms with E-state index in [9.17, 15) is 4.79 Å². The third kappa shape index (κ3) is 8.81. The molecule has 0 aromatic heterocycles. The molecule has 0 saturated carbocycles. The van der Waals surface area contributed by atoms with Gasteiger partial charge in [-0.3, -0.25) is 4.79 Å². The van der Waals surface area contributed by atoms with E-state index in [0.717, 1.165) is 19.5 Å². The Morgan fingerprint density at radius 1 is 1.14 bits per heavy atom. The smallest absolute Gasteiger partial charge is 0.222 e. The van der Waals surface area contributed by atoms with Gasteiger partial charge >= 0.3 is 0 Å². The first-order chi connectivity index (χ1) is 9.00. The van der Waals surface area contributed by atoms with Gasteiger partial charge in [-0.15, -0.1) is 24.8 Å². The summed E-state index contributed by atoms with van der Waals surface area (Å²) in [7, 11) is 3.89. The van der Waals surface area contributed by atoms with E-state index in [4.69, 9.17) is 5.73 Å². The van der Waals surface area contributed by atoms with Gasteiger partial charge in [0, 0.05) is 45.3 Å². The van der Waals surface area contributed by atoms with Gasteiger partial charge in [-0.05, 0) is 25.5 Å². The molecule has 1 aromatic rings. The first-order valence-corrected chi connectivity index (χ1v) is 6.76. The van der Waals surface area contributed by atoms with Gasteiger partial charge < -0.3 is 15.5 Å². The molecule has 2 N–H and O–H groups in total. The molecule has 21 heavy (non-hydrogen) atoms. The minimum Gasteiger partial charge on any atom is -0.373 e. The molecule has 0 spiro atoms. The number of carbonyl (C=O) groups is 1. The fourth-order valence-corrected chi connectivity index (χ4v) is 1.78. The molecule has 6 heteroatoms. The topological polar surface area (TPSA) is 49.6 Å². The van der Waals surface area contributed by atoms with Crippen molar-refractivity contribution < 1.29 is 4.79 Å². The molecular formula is C15H27Cl2N3O.